The number of cyclic esters (lactones) is 2. The van der Waals surface area contributed by atoms with Gasteiger partial charge >= 0.3 is 6.16 Å². The minimum atomic E-state index is -0.584. The average molecular weight is 443 g/mol. The van der Waals surface area contributed by atoms with Gasteiger partial charge in [-0.2, -0.15) is 0 Å². The van der Waals surface area contributed by atoms with Crippen LogP contribution in [-0.2, 0) is 23.7 Å². The summed E-state index contributed by atoms with van der Waals surface area (Å²) in [6, 6.07) is 0. The van der Waals surface area contributed by atoms with Crippen LogP contribution in [-0.4, -0.2) is 58.0 Å². The van der Waals surface area contributed by atoms with Crippen LogP contribution in [0.4, 0.5) is 4.79 Å². The standard InChI is InChI=1S/C10H18.C8H14O4.C7H14O2/c1-2-3-8-4-5-9-7-10(9)6-8;1-2-3-4-10-5-7-6-11-8(9)12-7;1-2-3-4-8-5-7-6-9-7/h8-10H,2-7H2,1H3;7H,2-6H2,1H3;7H,2-6H2,1H3. The molecule has 0 aromatic carbocycles. The van der Waals surface area contributed by atoms with Crippen molar-refractivity contribution in [3.8, 4) is 0 Å². The Morgan fingerprint density at radius 3 is 2.03 bits per heavy atom. The number of epoxide rings is 1. The second-order valence-electron chi connectivity index (χ2n) is 9.34. The minimum Gasteiger partial charge on any atom is -0.430 e. The summed E-state index contributed by atoms with van der Waals surface area (Å²) >= 11 is 0. The van der Waals surface area contributed by atoms with Crippen molar-refractivity contribution >= 4 is 6.16 Å². The zero-order valence-corrected chi connectivity index (χ0v) is 20.1. The van der Waals surface area contributed by atoms with Gasteiger partial charge in [0, 0.05) is 13.2 Å². The molecule has 5 unspecified atom stereocenters. The minimum absolute atomic E-state index is 0.200. The molecule has 6 nitrogen and oxygen atoms in total. The molecule has 0 bridgehead atoms. The summed E-state index contributed by atoms with van der Waals surface area (Å²) in [4.78, 5) is 10.4. The van der Waals surface area contributed by atoms with E-state index in [1.165, 1.54) is 37.5 Å². The molecule has 2 aliphatic heterocycles. The van der Waals surface area contributed by atoms with E-state index >= 15 is 0 Å². The van der Waals surface area contributed by atoms with Crippen LogP contribution >= 0.6 is 0 Å². The lowest BCUT2D eigenvalue weighted by Crippen LogP contribution is -2.18. The molecule has 31 heavy (non-hydrogen) atoms. The van der Waals surface area contributed by atoms with Gasteiger partial charge in [-0.3, -0.25) is 0 Å². The molecule has 0 aromatic heterocycles. The first-order valence-corrected chi connectivity index (χ1v) is 12.8. The third-order valence-electron chi connectivity index (χ3n) is 6.29. The molecule has 6 heteroatoms. The van der Waals surface area contributed by atoms with Gasteiger partial charge in [-0.25, -0.2) is 4.79 Å². The van der Waals surface area contributed by atoms with Gasteiger partial charge in [0.1, 0.15) is 12.7 Å². The second-order valence-corrected chi connectivity index (χ2v) is 9.34. The Bertz CT molecular complexity index is 467. The number of hydrogen-bond donors (Lipinski definition) is 0. The van der Waals surface area contributed by atoms with Crippen LogP contribution in [0.5, 0.6) is 0 Å². The van der Waals surface area contributed by atoms with Gasteiger partial charge in [0.05, 0.1) is 19.8 Å². The molecular formula is C25H46O6. The first-order chi connectivity index (χ1) is 15.2. The lowest BCUT2D eigenvalue weighted by Gasteiger charge is -2.19. The van der Waals surface area contributed by atoms with Gasteiger partial charge in [0.2, 0.25) is 0 Å². The molecule has 0 aromatic rings. The second kappa shape index (κ2) is 15.9. The number of fused-ring (bicyclic) bond motifs is 1. The van der Waals surface area contributed by atoms with Gasteiger partial charge in [-0.05, 0) is 49.9 Å². The number of carbonyl (C=O) groups excluding carboxylic acids is 1. The van der Waals surface area contributed by atoms with Crippen molar-refractivity contribution in [2.75, 3.05) is 39.6 Å². The zero-order valence-electron chi connectivity index (χ0n) is 20.1. The predicted octanol–water partition coefficient (Wildman–Crippen LogP) is 5.76. The quantitative estimate of drug-likeness (QED) is 0.217. The number of ether oxygens (including phenoxy) is 5. The Morgan fingerprint density at radius 2 is 1.52 bits per heavy atom. The van der Waals surface area contributed by atoms with E-state index in [2.05, 4.69) is 25.5 Å². The summed E-state index contributed by atoms with van der Waals surface area (Å²) in [7, 11) is 0. The SMILES string of the molecule is CCCC1CCC2CC2C1.CCCCOCC1CO1.CCCCOCC1COC(=O)O1. The number of rotatable bonds is 12. The van der Waals surface area contributed by atoms with Crippen molar-refractivity contribution in [1.82, 2.24) is 0 Å². The number of unbranched alkanes of at least 4 members (excludes halogenated alkanes) is 2. The van der Waals surface area contributed by atoms with Crippen LogP contribution in [0.3, 0.4) is 0 Å². The summed E-state index contributed by atoms with van der Waals surface area (Å²) in [5, 5.41) is 0. The maximum atomic E-state index is 10.4. The van der Waals surface area contributed by atoms with Crippen molar-refractivity contribution in [2.24, 2.45) is 17.8 Å². The fourth-order valence-electron chi connectivity index (χ4n) is 4.15. The molecule has 0 amide bonds. The normalized spacial score (nSPS) is 30.0. The zero-order chi connectivity index (χ0) is 22.3. The van der Waals surface area contributed by atoms with Crippen molar-refractivity contribution in [3.05, 3.63) is 0 Å². The average Bonchev–Trinajstić information content (AvgIpc) is 3.69. The molecule has 0 N–H and O–H groups in total. The maximum absolute atomic E-state index is 10.4. The highest BCUT2D eigenvalue weighted by Gasteiger charge is 2.41. The summed E-state index contributed by atoms with van der Waals surface area (Å²) in [5.74, 6) is 3.49. The highest BCUT2D eigenvalue weighted by Crippen LogP contribution is 2.52. The van der Waals surface area contributed by atoms with Crippen molar-refractivity contribution < 1.29 is 28.5 Å². The Kier molecular flexibility index (Phi) is 13.5. The number of hydrogen-bond acceptors (Lipinski definition) is 6. The Morgan fingerprint density at radius 1 is 0.839 bits per heavy atom. The van der Waals surface area contributed by atoms with Gasteiger partial charge in [-0.15, -0.1) is 0 Å². The molecule has 4 aliphatic rings. The van der Waals surface area contributed by atoms with Crippen molar-refractivity contribution in [2.45, 2.75) is 97.2 Å². The topological polar surface area (TPSA) is 66.5 Å². The van der Waals surface area contributed by atoms with E-state index in [-0.39, 0.29) is 6.10 Å². The van der Waals surface area contributed by atoms with Gasteiger partial charge in [-0.1, -0.05) is 52.9 Å². The smallest absolute Gasteiger partial charge is 0.430 e. The Labute approximate surface area is 189 Å². The van der Waals surface area contributed by atoms with Crippen LogP contribution in [0.1, 0.15) is 85.0 Å². The highest BCUT2D eigenvalue weighted by molar-refractivity contribution is 5.61. The molecule has 2 saturated carbocycles. The molecule has 4 fully saturated rings. The molecular weight excluding hydrogens is 396 g/mol. The molecule has 4 rings (SSSR count). The van der Waals surface area contributed by atoms with E-state index in [0.29, 0.717) is 19.3 Å². The van der Waals surface area contributed by atoms with Crippen LogP contribution in [0.25, 0.3) is 0 Å². The molecule has 2 aliphatic carbocycles. The predicted molar refractivity (Wildman–Crippen MR) is 121 cm³/mol. The fraction of sp³-hybridized carbons (Fsp3) is 0.960. The Balaban J connectivity index is 0.000000167. The van der Waals surface area contributed by atoms with Crippen LogP contribution in [0.2, 0.25) is 0 Å². The van der Waals surface area contributed by atoms with Gasteiger partial charge in [0.15, 0.2) is 6.10 Å². The summed E-state index contributed by atoms with van der Waals surface area (Å²) in [5.41, 5.74) is 0. The molecule has 182 valence electrons. The number of carbonyl (C=O) groups is 1. The highest BCUT2D eigenvalue weighted by atomic mass is 16.8. The largest absolute Gasteiger partial charge is 0.508 e. The monoisotopic (exact) mass is 442 g/mol. The lowest BCUT2D eigenvalue weighted by atomic mass is 9.86. The third-order valence-corrected chi connectivity index (χ3v) is 6.29. The fourth-order valence-corrected chi connectivity index (χ4v) is 4.15. The van der Waals surface area contributed by atoms with E-state index < -0.39 is 6.16 Å². The summed E-state index contributed by atoms with van der Waals surface area (Å²) in [6.45, 7) is 10.7. The molecule has 0 radical (unpaired) electrons. The van der Waals surface area contributed by atoms with Crippen LogP contribution < -0.4 is 0 Å². The maximum Gasteiger partial charge on any atom is 0.508 e. The van der Waals surface area contributed by atoms with Crippen molar-refractivity contribution in [1.29, 1.82) is 0 Å². The van der Waals surface area contributed by atoms with E-state index in [0.717, 1.165) is 45.2 Å². The Hall–Kier alpha value is -0.850. The first kappa shape index (κ1) is 26.4. The third kappa shape index (κ3) is 12.7. The molecule has 2 saturated heterocycles. The van der Waals surface area contributed by atoms with E-state index in [1.807, 2.05) is 0 Å². The van der Waals surface area contributed by atoms with Crippen LogP contribution in [0, 0.1) is 17.8 Å². The summed E-state index contributed by atoms with van der Waals surface area (Å²) in [6.07, 6.45) is 13.4. The molecule has 2 heterocycles. The van der Waals surface area contributed by atoms with Crippen molar-refractivity contribution in [3.63, 3.8) is 0 Å². The molecule has 5 atom stereocenters. The molecule has 0 spiro atoms. The van der Waals surface area contributed by atoms with E-state index in [1.54, 1.807) is 25.7 Å². The van der Waals surface area contributed by atoms with Crippen LogP contribution in [0.15, 0.2) is 0 Å². The van der Waals surface area contributed by atoms with Gasteiger partial charge < -0.3 is 23.7 Å². The van der Waals surface area contributed by atoms with Gasteiger partial charge in [0.25, 0.3) is 0 Å². The summed E-state index contributed by atoms with van der Waals surface area (Å²) < 4.78 is 24.8. The first-order valence-electron chi connectivity index (χ1n) is 12.8. The van der Waals surface area contributed by atoms with E-state index in [9.17, 15) is 4.79 Å². The lowest BCUT2D eigenvalue weighted by molar-refractivity contribution is 0.0448. The van der Waals surface area contributed by atoms with E-state index in [4.69, 9.17) is 18.9 Å².